The molecule has 0 fully saturated rings. The van der Waals surface area contributed by atoms with Crippen molar-refractivity contribution in [2.24, 2.45) is 0 Å². The van der Waals surface area contributed by atoms with Crippen LogP contribution in [-0.2, 0) is 0 Å². The first-order valence-electron chi connectivity index (χ1n) is 6.50. The highest BCUT2D eigenvalue weighted by atomic mass is 32.1. The molecule has 0 unspecified atom stereocenters. The Hall–Kier alpha value is -2.24. The van der Waals surface area contributed by atoms with Gasteiger partial charge in [-0.05, 0) is 24.3 Å². The second-order valence-corrected chi connectivity index (χ2v) is 5.67. The Bertz CT molecular complexity index is 925. The average Bonchev–Trinajstić information content (AvgIpc) is 3.11. The zero-order valence-corrected chi connectivity index (χ0v) is 11.8. The smallest absolute Gasteiger partial charge is 0.530 e. The second-order valence-electron chi connectivity index (χ2n) is 4.62. The lowest BCUT2D eigenvalue weighted by Crippen LogP contribution is -1.97. The van der Waals surface area contributed by atoms with E-state index in [1.807, 2.05) is 42.5 Å². The lowest BCUT2D eigenvalue weighted by Gasteiger charge is -1.98. The first-order valence-corrected chi connectivity index (χ1v) is 7.31. The third kappa shape index (κ3) is 2.02. The van der Waals surface area contributed by atoms with Crippen LogP contribution >= 0.6 is 11.3 Å². The largest absolute Gasteiger partial charge is 0.569 e. The molecule has 2 heterocycles. The first kappa shape index (κ1) is 12.5. The molecule has 0 atom stereocenters. The number of hydrogen-bond acceptors (Lipinski definition) is 4. The number of para-hydroxylation sites is 2. The summed E-state index contributed by atoms with van der Waals surface area (Å²) >= 11 is 1.46. The van der Waals surface area contributed by atoms with E-state index in [4.69, 9.17) is 14.1 Å². The normalized spacial score (nSPS) is 11.1. The number of hydrogen-bond donors (Lipinski definition) is 1. The molecule has 1 N–H and O–H groups in total. The minimum atomic E-state index is 0.639. The van der Waals surface area contributed by atoms with Gasteiger partial charge in [0.1, 0.15) is 11.2 Å². The Morgan fingerprint density at radius 2 is 1.81 bits per heavy atom. The quantitative estimate of drug-likeness (QED) is 0.575. The number of rotatable bonds is 3. The molecular weight excluding hydrogens is 283 g/mol. The molecule has 4 rings (SSSR count). The standard InChI is InChI=1S/C16H10BO3S/c18-17-20-15-9-8-14(21-15)12-6-3-5-11-10-4-1-2-7-13(10)19-16(11)12/h1-9,18H. The fourth-order valence-corrected chi connectivity index (χ4v) is 3.37. The van der Waals surface area contributed by atoms with Gasteiger partial charge in [0.2, 0.25) is 0 Å². The first-order chi connectivity index (χ1) is 10.4. The van der Waals surface area contributed by atoms with Gasteiger partial charge in [-0.2, -0.15) is 0 Å². The molecule has 101 valence electrons. The van der Waals surface area contributed by atoms with Crippen LogP contribution in [0.15, 0.2) is 59.0 Å². The Kier molecular flexibility index (Phi) is 2.95. The van der Waals surface area contributed by atoms with Crippen molar-refractivity contribution < 1.29 is 14.1 Å². The molecule has 0 saturated carbocycles. The maximum Gasteiger partial charge on any atom is 0.569 e. The molecular formula is C16H10BO3S. The summed E-state index contributed by atoms with van der Waals surface area (Å²) in [7, 11) is 0.692. The third-order valence-electron chi connectivity index (χ3n) is 3.42. The zero-order chi connectivity index (χ0) is 14.2. The lowest BCUT2D eigenvalue weighted by atomic mass is 10.1. The zero-order valence-electron chi connectivity index (χ0n) is 10.9. The van der Waals surface area contributed by atoms with E-state index in [2.05, 4.69) is 12.1 Å². The molecule has 3 nitrogen and oxygen atoms in total. The van der Waals surface area contributed by atoms with Crippen molar-refractivity contribution in [3.05, 3.63) is 54.6 Å². The monoisotopic (exact) mass is 293 g/mol. The van der Waals surface area contributed by atoms with Crippen LogP contribution in [0, 0.1) is 0 Å². The second kappa shape index (κ2) is 4.95. The number of furan rings is 1. The summed E-state index contributed by atoms with van der Waals surface area (Å²) in [6.07, 6.45) is 0. The van der Waals surface area contributed by atoms with Crippen molar-refractivity contribution in [3.63, 3.8) is 0 Å². The van der Waals surface area contributed by atoms with E-state index in [1.165, 1.54) is 11.3 Å². The van der Waals surface area contributed by atoms with Crippen LogP contribution in [0.5, 0.6) is 5.06 Å². The molecule has 0 aliphatic carbocycles. The van der Waals surface area contributed by atoms with Crippen LogP contribution in [0.1, 0.15) is 0 Å². The van der Waals surface area contributed by atoms with Gasteiger partial charge >= 0.3 is 7.69 Å². The van der Waals surface area contributed by atoms with Gasteiger partial charge in [-0.3, -0.25) is 0 Å². The van der Waals surface area contributed by atoms with Gasteiger partial charge in [-0.25, -0.2) is 0 Å². The topological polar surface area (TPSA) is 42.6 Å². The SMILES string of the molecule is O[B]Oc1ccc(-c2cccc3c2oc2ccccc23)s1. The fraction of sp³-hybridized carbons (Fsp3) is 0. The van der Waals surface area contributed by atoms with Gasteiger partial charge in [-0.15, -0.1) is 11.3 Å². The van der Waals surface area contributed by atoms with Crippen LogP contribution in [0.3, 0.4) is 0 Å². The van der Waals surface area contributed by atoms with Crippen molar-refractivity contribution in [2.75, 3.05) is 0 Å². The minimum Gasteiger partial charge on any atom is -0.530 e. The maximum absolute atomic E-state index is 8.71. The van der Waals surface area contributed by atoms with Crippen molar-refractivity contribution in [1.29, 1.82) is 0 Å². The van der Waals surface area contributed by atoms with E-state index >= 15 is 0 Å². The molecule has 0 amide bonds. The van der Waals surface area contributed by atoms with Gasteiger partial charge in [0.25, 0.3) is 0 Å². The van der Waals surface area contributed by atoms with Crippen LogP contribution < -0.4 is 4.65 Å². The highest BCUT2D eigenvalue weighted by Gasteiger charge is 2.13. The minimum absolute atomic E-state index is 0.639. The highest BCUT2D eigenvalue weighted by molar-refractivity contribution is 7.17. The van der Waals surface area contributed by atoms with Gasteiger partial charge in [-0.1, -0.05) is 30.3 Å². The number of thiophene rings is 1. The van der Waals surface area contributed by atoms with E-state index in [1.54, 1.807) is 0 Å². The summed E-state index contributed by atoms with van der Waals surface area (Å²) in [6, 6.07) is 17.9. The number of fused-ring (bicyclic) bond motifs is 3. The van der Waals surface area contributed by atoms with Gasteiger partial charge in [0, 0.05) is 21.2 Å². The predicted molar refractivity (Wildman–Crippen MR) is 85.6 cm³/mol. The van der Waals surface area contributed by atoms with Crippen molar-refractivity contribution in [2.45, 2.75) is 0 Å². The molecule has 0 bridgehead atoms. The molecule has 0 spiro atoms. The van der Waals surface area contributed by atoms with E-state index in [0.29, 0.717) is 12.7 Å². The van der Waals surface area contributed by atoms with E-state index in [9.17, 15) is 0 Å². The molecule has 0 aliphatic rings. The van der Waals surface area contributed by atoms with E-state index < -0.39 is 0 Å². The molecule has 2 aromatic heterocycles. The van der Waals surface area contributed by atoms with E-state index in [0.717, 1.165) is 32.4 Å². The predicted octanol–water partition coefficient (Wildman–Crippen LogP) is 4.22. The molecule has 1 radical (unpaired) electrons. The highest BCUT2D eigenvalue weighted by Crippen LogP contribution is 2.39. The fourth-order valence-electron chi connectivity index (χ4n) is 2.52. The maximum atomic E-state index is 8.71. The van der Waals surface area contributed by atoms with Crippen LogP contribution in [0.4, 0.5) is 0 Å². The van der Waals surface area contributed by atoms with Crippen LogP contribution in [-0.4, -0.2) is 12.7 Å². The Labute approximate surface area is 125 Å². The van der Waals surface area contributed by atoms with Gasteiger partial charge in [0.15, 0.2) is 5.06 Å². The molecule has 4 aromatic rings. The lowest BCUT2D eigenvalue weighted by molar-refractivity contribution is 0.461. The molecule has 0 aliphatic heterocycles. The van der Waals surface area contributed by atoms with Crippen molar-refractivity contribution in [3.8, 4) is 15.5 Å². The molecule has 5 heteroatoms. The third-order valence-corrected chi connectivity index (χ3v) is 4.43. The summed E-state index contributed by atoms with van der Waals surface area (Å²) in [4.78, 5) is 1.04. The number of benzene rings is 2. The molecule has 0 saturated heterocycles. The molecule has 2 aromatic carbocycles. The Morgan fingerprint density at radius 3 is 2.71 bits per heavy atom. The van der Waals surface area contributed by atoms with Crippen molar-refractivity contribution in [1.82, 2.24) is 0 Å². The average molecular weight is 293 g/mol. The van der Waals surface area contributed by atoms with Gasteiger partial charge in [0.05, 0.1) is 0 Å². The van der Waals surface area contributed by atoms with E-state index in [-0.39, 0.29) is 0 Å². The Balaban J connectivity index is 1.95. The molecule has 21 heavy (non-hydrogen) atoms. The summed E-state index contributed by atoms with van der Waals surface area (Å²) in [5, 5.41) is 11.6. The van der Waals surface area contributed by atoms with Crippen LogP contribution in [0.25, 0.3) is 32.4 Å². The summed E-state index contributed by atoms with van der Waals surface area (Å²) in [6.45, 7) is 0. The summed E-state index contributed by atoms with van der Waals surface area (Å²) in [5.41, 5.74) is 2.79. The summed E-state index contributed by atoms with van der Waals surface area (Å²) < 4.78 is 11.0. The van der Waals surface area contributed by atoms with Gasteiger partial charge < -0.3 is 14.1 Å². The summed E-state index contributed by atoms with van der Waals surface area (Å²) in [5.74, 6) is 0. The van der Waals surface area contributed by atoms with Crippen LogP contribution in [0.2, 0.25) is 0 Å². The Morgan fingerprint density at radius 1 is 0.952 bits per heavy atom. The van der Waals surface area contributed by atoms with Crippen molar-refractivity contribution >= 4 is 41.0 Å².